The summed E-state index contributed by atoms with van der Waals surface area (Å²) < 4.78 is 0.840. The lowest BCUT2D eigenvalue weighted by atomic mass is 10.2. The van der Waals surface area contributed by atoms with Crippen LogP contribution in [0.2, 0.25) is 5.02 Å². The molecule has 2 aromatic rings. The summed E-state index contributed by atoms with van der Waals surface area (Å²) >= 11 is 9.19. The number of anilines is 1. The van der Waals surface area contributed by atoms with Gasteiger partial charge >= 0.3 is 0 Å². The lowest BCUT2D eigenvalue weighted by Gasteiger charge is -2.05. The molecule has 1 aromatic carbocycles. The molecule has 1 heterocycles. The van der Waals surface area contributed by atoms with E-state index in [2.05, 4.69) is 31.2 Å². The molecule has 3 nitrogen and oxygen atoms in total. The molecule has 0 atom stereocenters. The van der Waals surface area contributed by atoms with Gasteiger partial charge in [-0.3, -0.25) is 0 Å². The Bertz CT molecular complexity index is 499. The third-order valence-electron chi connectivity index (χ3n) is 2.08. The number of aromatic nitrogens is 2. The molecule has 0 unspecified atom stereocenters. The first-order chi connectivity index (χ1) is 7.70. The van der Waals surface area contributed by atoms with Crippen molar-refractivity contribution in [2.75, 3.05) is 12.4 Å². The van der Waals surface area contributed by atoms with E-state index in [0.717, 1.165) is 15.9 Å². The smallest absolute Gasteiger partial charge is 0.161 e. The zero-order valence-corrected chi connectivity index (χ0v) is 10.9. The average Bonchev–Trinajstić information content (AvgIpc) is 2.31. The van der Waals surface area contributed by atoms with Gasteiger partial charge in [0.15, 0.2) is 5.82 Å². The fraction of sp³-hybridized carbons (Fsp3) is 0.0909. The van der Waals surface area contributed by atoms with Crippen LogP contribution < -0.4 is 5.32 Å². The Hall–Kier alpha value is -1.13. The molecule has 1 N–H and O–H groups in total. The molecular formula is C11H9BrClN3. The van der Waals surface area contributed by atoms with E-state index in [1.165, 1.54) is 0 Å². The minimum Gasteiger partial charge on any atom is -0.372 e. The molecule has 1 aromatic heterocycles. The summed E-state index contributed by atoms with van der Waals surface area (Å²) in [6, 6.07) is 7.43. The van der Waals surface area contributed by atoms with Crippen molar-refractivity contribution in [1.82, 2.24) is 9.97 Å². The highest BCUT2D eigenvalue weighted by atomic mass is 79.9. The number of halogens is 2. The van der Waals surface area contributed by atoms with Gasteiger partial charge in [-0.1, -0.05) is 11.6 Å². The lowest BCUT2D eigenvalue weighted by Crippen LogP contribution is -1.97. The molecular weight excluding hydrogens is 289 g/mol. The molecule has 0 bridgehead atoms. The third-order valence-corrected chi connectivity index (χ3v) is 2.92. The second-order valence-corrected chi connectivity index (χ2v) is 4.44. The van der Waals surface area contributed by atoms with Crippen molar-refractivity contribution in [1.29, 1.82) is 0 Å². The van der Waals surface area contributed by atoms with E-state index >= 15 is 0 Å². The first kappa shape index (κ1) is 11.4. The molecule has 0 amide bonds. The van der Waals surface area contributed by atoms with Gasteiger partial charge in [-0.15, -0.1) is 0 Å². The highest BCUT2D eigenvalue weighted by Crippen LogP contribution is 2.23. The van der Waals surface area contributed by atoms with E-state index < -0.39 is 0 Å². The summed E-state index contributed by atoms with van der Waals surface area (Å²) in [6.07, 6.45) is 1.72. The van der Waals surface area contributed by atoms with E-state index in [0.29, 0.717) is 10.8 Å². The van der Waals surface area contributed by atoms with E-state index in [-0.39, 0.29) is 0 Å². The van der Waals surface area contributed by atoms with Gasteiger partial charge < -0.3 is 5.32 Å². The summed E-state index contributed by atoms with van der Waals surface area (Å²) in [7, 11) is 1.82. The summed E-state index contributed by atoms with van der Waals surface area (Å²) in [5.74, 6) is 1.43. The number of hydrogen-bond acceptors (Lipinski definition) is 3. The molecule has 16 heavy (non-hydrogen) atoms. The lowest BCUT2D eigenvalue weighted by molar-refractivity contribution is 1.15. The number of rotatable bonds is 2. The number of nitrogens with zero attached hydrogens (tertiary/aromatic N) is 2. The Morgan fingerprint density at radius 3 is 2.56 bits per heavy atom. The van der Waals surface area contributed by atoms with Crippen molar-refractivity contribution in [2.24, 2.45) is 0 Å². The Kier molecular flexibility index (Phi) is 3.41. The standard InChI is InChI=1S/C11H9BrClN3/c1-14-11-9(12)6-15-10(16-11)7-2-4-8(13)5-3-7/h2-6H,1H3,(H,14,15,16). The zero-order valence-electron chi connectivity index (χ0n) is 8.54. The van der Waals surface area contributed by atoms with Crippen LogP contribution in [-0.4, -0.2) is 17.0 Å². The minimum absolute atomic E-state index is 0.671. The molecule has 0 fully saturated rings. The fourth-order valence-corrected chi connectivity index (χ4v) is 1.80. The van der Waals surface area contributed by atoms with Gasteiger partial charge in [0, 0.05) is 23.8 Å². The Morgan fingerprint density at radius 1 is 1.25 bits per heavy atom. The Balaban J connectivity index is 2.44. The van der Waals surface area contributed by atoms with Gasteiger partial charge in [-0.25, -0.2) is 9.97 Å². The van der Waals surface area contributed by atoms with Gasteiger partial charge in [0.25, 0.3) is 0 Å². The normalized spacial score (nSPS) is 10.2. The maximum atomic E-state index is 5.82. The second-order valence-electron chi connectivity index (χ2n) is 3.15. The van der Waals surface area contributed by atoms with Gasteiger partial charge in [0.1, 0.15) is 5.82 Å². The van der Waals surface area contributed by atoms with Gasteiger partial charge in [-0.2, -0.15) is 0 Å². The molecule has 0 aliphatic rings. The highest BCUT2D eigenvalue weighted by Gasteiger charge is 2.05. The average molecular weight is 299 g/mol. The first-order valence-corrected chi connectivity index (χ1v) is 5.84. The molecule has 0 saturated heterocycles. The van der Waals surface area contributed by atoms with Crippen LogP contribution >= 0.6 is 27.5 Å². The maximum Gasteiger partial charge on any atom is 0.161 e. The van der Waals surface area contributed by atoms with Crippen molar-refractivity contribution in [2.45, 2.75) is 0 Å². The Morgan fingerprint density at radius 2 is 1.94 bits per heavy atom. The molecule has 0 saturated carbocycles. The Labute approximate surface area is 107 Å². The summed E-state index contributed by atoms with van der Waals surface area (Å²) in [5, 5.41) is 3.70. The van der Waals surface area contributed by atoms with Gasteiger partial charge in [0.05, 0.1) is 4.47 Å². The third kappa shape index (κ3) is 2.33. The topological polar surface area (TPSA) is 37.8 Å². The van der Waals surface area contributed by atoms with Gasteiger partial charge in [-0.05, 0) is 40.2 Å². The van der Waals surface area contributed by atoms with Crippen molar-refractivity contribution in [3.63, 3.8) is 0 Å². The van der Waals surface area contributed by atoms with Crippen LogP contribution in [-0.2, 0) is 0 Å². The quantitative estimate of drug-likeness (QED) is 0.920. The van der Waals surface area contributed by atoms with Crippen LogP contribution in [0.4, 0.5) is 5.82 Å². The predicted octanol–water partition coefficient (Wildman–Crippen LogP) is 3.60. The van der Waals surface area contributed by atoms with Crippen molar-refractivity contribution in [3.05, 3.63) is 40.0 Å². The SMILES string of the molecule is CNc1nc(-c2ccc(Cl)cc2)ncc1Br. The second kappa shape index (κ2) is 4.80. The fourth-order valence-electron chi connectivity index (χ4n) is 1.28. The summed E-state index contributed by atoms with van der Waals surface area (Å²) in [6.45, 7) is 0. The van der Waals surface area contributed by atoms with E-state index in [4.69, 9.17) is 11.6 Å². The highest BCUT2D eigenvalue weighted by molar-refractivity contribution is 9.10. The predicted molar refractivity (Wildman–Crippen MR) is 69.7 cm³/mol. The number of hydrogen-bond donors (Lipinski definition) is 1. The zero-order chi connectivity index (χ0) is 11.5. The van der Waals surface area contributed by atoms with E-state index in [1.807, 2.05) is 31.3 Å². The van der Waals surface area contributed by atoms with E-state index in [9.17, 15) is 0 Å². The largest absolute Gasteiger partial charge is 0.372 e. The molecule has 5 heteroatoms. The van der Waals surface area contributed by atoms with Crippen LogP contribution in [0.1, 0.15) is 0 Å². The van der Waals surface area contributed by atoms with Crippen LogP contribution in [0.5, 0.6) is 0 Å². The van der Waals surface area contributed by atoms with Crippen molar-refractivity contribution in [3.8, 4) is 11.4 Å². The molecule has 2 rings (SSSR count). The monoisotopic (exact) mass is 297 g/mol. The minimum atomic E-state index is 0.671. The van der Waals surface area contributed by atoms with Crippen molar-refractivity contribution >= 4 is 33.3 Å². The molecule has 0 aliphatic carbocycles. The molecule has 82 valence electrons. The number of nitrogens with one attached hydrogen (secondary N) is 1. The van der Waals surface area contributed by atoms with E-state index in [1.54, 1.807) is 6.20 Å². The van der Waals surface area contributed by atoms with Crippen LogP contribution in [0.15, 0.2) is 34.9 Å². The van der Waals surface area contributed by atoms with Gasteiger partial charge in [0.2, 0.25) is 0 Å². The first-order valence-electron chi connectivity index (χ1n) is 4.67. The summed E-state index contributed by atoms with van der Waals surface area (Å²) in [5.41, 5.74) is 0.938. The number of benzene rings is 1. The van der Waals surface area contributed by atoms with Crippen molar-refractivity contribution < 1.29 is 0 Å². The van der Waals surface area contributed by atoms with Crippen LogP contribution in [0.25, 0.3) is 11.4 Å². The molecule has 0 aliphatic heterocycles. The molecule has 0 radical (unpaired) electrons. The maximum absolute atomic E-state index is 5.82. The van der Waals surface area contributed by atoms with Crippen LogP contribution in [0.3, 0.4) is 0 Å². The molecule has 0 spiro atoms. The van der Waals surface area contributed by atoms with Crippen LogP contribution in [0, 0.1) is 0 Å². The summed E-state index contributed by atoms with van der Waals surface area (Å²) in [4.78, 5) is 8.62.